The maximum absolute atomic E-state index is 11.9. The minimum Gasteiger partial charge on any atom is -0.375 e. The topological polar surface area (TPSA) is 93.8 Å². The molecule has 0 atom stereocenters. The SMILES string of the molecule is Nc1nc2c(s1)c(=O)[nH]c(=O)n2-c1ccc(Cl)cc1. The molecule has 6 nitrogen and oxygen atoms in total. The summed E-state index contributed by atoms with van der Waals surface area (Å²) in [5.74, 6) is 0. The molecule has 3 rings (SSSR count). The number of aromatic amines is 1. The predicted octanol–water partition coefficient (Wildman–Crippen LogP) is 1.37. The molecule has 19 heavy (non-hydrogen) atoms. The zero-order valence-electron chi connectivity index (χ0n) is 9.38. The number of benzene rings is 1. The molecular formula is C11H7ClN4O2S. The van der Waals surface area contributed by atoms with Crippen molar-refractivity contribution < 1.29 is 0 Å². The summed E-state index contributed by atoms with van der Waals surface area (Å²) in [4.78, 5) is 29.9. The van der Waals surface area contributed by atoms with Gasteiger partial charge >= 0.3 is 5.69 Å². The van der Waals surface area contributed by atoms with Crippen LogP contribution in [0, 0.1) is 0 Å². The van der Waals surface area contributed by atoms with Crippen LogP contribution in [0.4, 0.5) is 5.13 Å². The number of halogens is 1. The van der Waals surface area contributed by atoms with Crippen molar-refractivity contribution in [2.75, 3.05) is 5.73 Å². The molecule has 3 aromatic rings. The van der Waals surface area contributed by atoms with Crippen LogP contribution in [0.1, 0.15) is 0 Å². The summed E-state index contributed by atoms with van der Waals surface area (Å²) >= 11 is 6.84. The summed E-state index contributed by atoms with van der Waals surface area (Å²) in [7, 11) is 0. The van der Waals surface area contributed by atoms with E-state index in [1.54, 1.807) is 24.3 Å². The molecule has 0 saturated carbocycles. The van der Waals surface area contributed by atoms with Crippen molar-refractivity contribution in [3.05, 3.63) is 50.1 Å². The van der Waals surface area contributed by atoms with Crippen molar-refractivity contribution in [1.29, 1.82) is 0 Å². The van der Waals surface area contributed by atoms with E-state index in [2.05, 4.69) is 9.97 Å². The number of nitrogen functional groups attached to an aromatic ring is 1. The number of rotatable bonds is 1. The highest BCUT2D eigenvalue weighted by atomic mass is 35.5. The van der Waals surface area contributed by atoms with Crippen molar-refractivity contribution in [2.24, 2.45) is 0 Å². The van der Waals surface area contributed by atoms with Crippen molar-refractivity contribution in [3.63, 3.8) is 0 Å². The highest BCUT2D eigenvalue weighted by molar-refractivity contribution is 7.21. The van der Waals surface area contributed by atoms with Crippen LogP contribution in [0.3, 0.4) is 0 Å². The van der Waals surface area contributed by atoms with Crippen LogP contribution in [-0.4, -0.2) is 14.5 Å². The second-order valence-electron chi connectivity index (χ2n) is 3.78. The van der Waals surface area contributed by atoms with Gasteiger partial charge in [-0.05, 0) is 24.3 Å². The molecule has 0 aliphatic rings. The van der Waals surface area contributed by atoms with Crippen molar-refractivity contribution in [1.82, 2.24) is 14.5 Å². The molecule has 0 spiro atoms. The Morgan fingerprint density at radius 2 is 1.95 bits per heavy atom. The zero-order valence-corrected chi connectivity index (χ0v) is 11.0. The third-order valence-corrected chi connectivity index (χ3v) is 3.68. The van der Waals surface area contributed by atoms with Gasteiger partial charge in [0.2, 0.25) is 0 Å². The van der Waals surface area contributed by atoms with Crippen LogP contribution >= 0.6 is 22.9 Å². The fourth-order valence-electron chi connectivity index (χ4n) is 1.76. The number of thiazole rings is 1. The van der Waals surface area contributed by atoms with Gasteiger partial charge in [-0.1, -0.05) is 22.9 Å². The quantitative estimate of drug-likeness (QED) is 0.709. The molecule has 0 amide bonds. The van der Waals surface area contributed by atoms with Gasteiger partial charge in [-0.25, -0.2) is 14.3 Å². The van der Waals surface area contributed by atoms with E-state index in [0.29, 0.717) is 15.4 Å². The molecule has 2 heterocycles. The van der Waals surface area contributed by atoms with E-state index in [1.807, 2.05) is 0 Å². The summed E-state index contributed by atoms with van der Waals surface area (Å²) < 4.78 is 1.60. The van der Waals surface area contributed by atoms with Crippen LogP contribution in [0.25, 0.3) is 16.0 Å². The number of aromatic nitrogens is 3. The van der Waals surface area contributed by atoms with E-state index >= 15 is 0 Å². The van der Waals surface area contributed by atoms with E-state index in [9.17, 15) is 9.59 Å². The van der Waals surface area contributed by atoms with E-state index in [1.165, 1.54) is 4.57 Å². The first-order valence-electron chi connectivity index (χ1n) is 5.23. The Labute approximate surface area is 115 Å². The molecule has 8 heteroatoms. The van der Waals surface area contributed by atoms with Gasteiger partial charge in [-0.15, -0.1) is 0 Å². The van der Waals surface area contributed by atoms with Crippen LogP contribution in [0.2, 0.25) is 5.02 Å². The highest BCUT2D eigenvalue weighted by Crippen LogP contribution is 2.21. The molecule has 0 unspecified atom stereocenters. The standard InChI is InChI=1S/C11H7ClN4O2S/c12-5-1-3-6(4-2-5)16-8-7(19-10(13)14-8)9(17)15-11(16)18/h1-4H,(H2,13,14)(H,15,17,18). The summed E-state index contributed by atoms with van der Waals surface area (Å²) in [6, 6.07) is 6.63. The van der Waals surface area contributed by atoms with Gasteiger partial charge < -0.3 is 5.73 Å². The van der Waals surface area contributed by atoms with Crippen LogP contribution in [0.5, 0.6) is 0 Å². The largest absolute Gasteiger partial charge is 0.375 e. The molecule has 0 aliphatic carbocycles. The molecule has 1 aromatic carbocycles. The number of nitrogens with one attached hydrogen (secondary N) is 1. The lowest BCUT2D eigenvalue weighted by Crippen LogP contribution is -2.28. The van der Waals surface area contributed by atoms with E-state index in [-0.39, 0.29) is 10.8 Å². The molecule has 2 aromatic heterocycles. The number of nitrogens with zero attached hydrogens (tertiary/aromatic N) is 2. The van der Waals surface area contributed by atoms with E-state index in [0.717, 1.165) is 11.3 Å². The molecule has 96 valence electrons. The maximum Gasteiger partial charge on any atom is 0.334 e. The van der Waals surface area contributed by atoms with Crippen LogP contribution < -0.4 is 17.0 Å². The third-order valence-electron chi connectivity index (χ3n) is 2.55. The lowest BCUT2D eigenvalue weighted by atomic mass is 10.3. The first-order chi connectivity index (χ1) is 9.06. The minimum absolute atomic E-state index is 0.230. The van der Waals surface area contributed by atoms with E-state index in [4.69, 9.17) is 17.3 Å². The normalized spacial score (nSPS) is 11.0. The molecule has 3 N–H and O–H groups in total. The van der Waals surface area contributed by atoms with Crippen molar-refractivity contribution in [2.45, 2.75) is 0 Å². The molecule has 0 radical (unpaired) electrons. The summed E-state index contributed by atoms with van der Waals surface area (Å²) in [6.45, 7) is 0. The fourth-order valence-corrected chi connectivity index (χ4v) is 2.60. The smallest absolute Gasteiger partial charge is 0.334 e. The van der Waals surface area contributed by atoms with E-state index < -0.39 is 11.2 Å². The molecular weight excluding hydrogens is 288 g/mol. The Morgan fingerprint density at radius 3 is 2.63 bits per heavy atom. The number of H-pyrrole nitrogens is 1. The average Bonchev–Trinajstić information content (AvgIpc) is 2.73. The summed E-state index contributed by atoms with van der Waals surface area (Å²) in [6.07, 6.45) is 0. The summed E-state index contributed by atoms with van der Waals surface area (Å²) in [5.41, 5.74) is 5.35. The first-order valence-corrected chi connectivity index (χ1v) is 6.43. The number of fused-ring (bicyclic) bond motifs is 1. The van der Waals surface area contributed by atoms with Gasteiger partial charge in [0, 0.05) is 5.02 Å². The van der Waals surface area contributed by atoms with Gasteiger partial charge in [-0.2, -0.15) is 0 Å². The highest BCUT2D eigenvalue weighted by Gasteiger charge is 2.13. The Bertz CT molecular complexity index is 878. The fraction of sp³-hybridized carbons (Fsp3) is 0. The molecule has 0 saturated heterocycles. The van der Waals surface area contributed by atoms with Gasteiger partial charge in [-0.3, -0.25) is 9.78 Å². The Hall–Kier alpha value is -2.12. The van der Waals surface area contributed by atoms with Crippen LogP contribution in [0.15, 0.2) is 33.9 Å². The molecule has 0 aliphatic heterocycles. The maximum atomic E-state index is 11.9. The Morgan fingerprint density at radius 1 is 1.26 bits per heavy atom. The minimum atomic E-state index is -0.565. The van der Waals surface area contributed by atoms with Gasteiger partial charge in [0.15, 0.2) is 10.8 Å². The second-order valence-corrected chi connectivity index (χ2v) is 5.24. The second kappa shape index (κ2) is 4.22. The first kappa shape index (κ1) is 11.9. The molecule has 0 bridgehead atoms. The molecule has 0 fully saturated rings. The lowest BCUT2D eigenvalue weighted by Gasteiger charge is -2.05. The Kier molecular flexibility index (Phi) is 2.65. The van der Waals surface area contributed by atoms with Gasteiger partial charge in [0.05, 0.1) is 5.69 Å². The van der Waals surface area contributed by atoms with Crippen LogP contribution in [-0.2, 0) is 0 Å². The van der Waals surface area contributed by atoms with Gasteiger partial charge in [0.1, 0.15) is 4.70 Å². The number of nitrogens with two attached hydrogens (primary N) is 1. The Balaban J connectivity index is 2.43. The number of anilines is 1. The van der Waals surface area contributed by atoms with Crippen molar-refractivity contribution in [3.8, 4) is 5.69 Å². The monoisotopic (exact) mass is 294 g/mol. The summed E-state index contributed by atoms with van der Waals surface area (Å²) in [5, 5.41) is 0.782. The number of hydrogen-bond acceptors (Lipinski definition) is 5. The van der Waals surface area contributed by atoms with Crippen molar-refractivity contribution >= 4 is 38.4 Å². The zero-order chi connectivity index (χ0) is 13.6. The average molecular weight is 295 g/mol. The lowest BCUT2D eigenvalue weighted by molar-refractivity contribution is 0.933. The number of hydrogen-bond donors (Lipinski definition) is 2. The van der Waals surface area contributed by atoms with Gasteiger partial charge in [0.25, 0.3) is 5.56 Å². The third kappa shape index (κ3) is 1.92. The predicted molar refractivity (Wildman–Crippen MR) is 75.3 cm³/mol.